The molecule has 0 aliphatic carbocycles. The van der Waals surface area contributed by atoms with E-state index in [1.54, 1.807) is 0 Å². The number of carbonyl (C=O) groups is 2. The molecule has 0 saturated heterocycles. The van der Waals surface area contributed by atoms with Crippen molar-refractivity contribution in [2.45, 2.75) is 6.10 Å². The number of nitrogens with one attached hydrogen (secondary N) is 2. The molecule has 0 rings (SSSR count). The molecule has 6 nitrogen and oxygen atoms in total. The minimum Gasteiger partial charge on any atom is -0.479 e. The number of hydrogen-bond donors (Lipinski definition) is 4. The molecule has 0 radical (unpaired) electrons. The predicted molar refractivity (Wildman–Crippen MR) is 50.0 cm³/mol. The molecule has 0 heterocycles. The Morgan fingerprint density at radius 1 is 1.43 bits per heavy atom. The van der Waals surface area contributed by atoms with Crippen LogP contribution in [0.3, 0.4) is 0 Å². The number of aliphatic hydroxyl groups excluding tert-OH is 1. The quantitative estimate of drug-likeness (QED) is 0.503. The third-order valence-corrected chi connectivity index (χ3v) is 1.32. The van der Waals surface area contributed by atoms with Gasteiger partial charge in [0.1, 0.15) is 0 Å². The van der Waals surface area contributed by atoms with E-state index in [-0.39, 0.29) is 18.1 Å². The van der Waals surface area contributed by atoms with Crippen LogP contribution in [0.15, 0.2) is 11.6 Å². The van der Waals surface area contributed by atoms with Gasteiger partial charge < -0.3 is 20.8 Å². The van der Waals surface area contributed by atoms with Crippen LogP contribution in [0.25, 0.3) is 0 Å². The van der Waals surface area contributed by atoms with Crippen LogP contribution in [0.4, 0.5) is 4.79 Å². The number of rotatable bonds is 5. The van der Waals surface area contributed by atoms with Crippen LogP contribution in [0.2, 0.25) is 0 Å². The van der Waals surface area contributed by atoms with Gasteiger partial charge in [0.05, 0.1) is 13.1 Å². The fourth-order valence-electron chi connectivity index (χ4n) is 0.515. The van der Waals surface area contributed by atoms with Crippen molar-refractivity contribution in [3.8, 4) is 0 Å². The zero-order valence-corrected chi connectivity index (χ0v) is 8.04. The molecular weight excluding hydrogens is 212 g/mol. The van der Waals surface area contributed by atoms with E-state index < -0.39 is 18.1 Å². The Bertz CT molecular complexity index is 244. The average molecular weight is 223 g/mol. The lowest BCUT2D eigenvalue weighted by molar-refractivity contribution is -0.146. The number of urea groups is 1. The molecule has 4 N–H and O–H groups in total. The second-order valence-corrected chi connectivity index (χ2v) is 2.97. The molecule has 0 aliphatic heterocycles. The van der Waals surface area contributed by atoms with Crippen molar-refractivity contribution in [2.75, 3.05) is 13.1 Å². The Kier molecular flexibility index (Phi) is 5.66. The van der Waals surface area contributed by atoms with E-state index in [9.17, 15) is 9.59 Å². The summed E-state index contributed by atoms with van der Waals surface area (Å²) in [6, 6.07) is -0.618. The van der Waals surface area contributed by atoms with Gasteiger partial charge >= 0.3 is 12.0 Å². The summed E-state index contributed by atoms with van der Waals surface area (Å²) in [5, 5.41) is 21.7. The maximum Gasteiger partial charge on any atom is 0.334 e. The fraction of sp³-hybridized carbons (Fsp3) is 0.429. The van der Waals surface area contributed by atoms with E-state index in [0.717, 1.165) is 0 Å². The van der Waals surface area contributed by atoms with Gasteiger partial charge in [-0.1, -0.05) is 18.2 Å². The predicted octanol–water partition coefficient (Wildman–Crippen LogP) is -0.516. The highest BCUT2D eigenvalue weighted by Gasteiger charge is 2.13. The molecule has 0 aromatic carbocycles. The third kappa shape index (κ3) is 6.27. The van der Waals surface area contributed by atoms with Gasteiger partial charge in [0.15, 0.2) is 6.10 Å². The molecular formula is C7H11ClN2O4. The normalized spacial score (nSPS) is 11.6. The van der Waals surface area contributed by atoms with Crippen molar-refractivity contribution in [3.63, 3.8) is 0 Å². The van der Waals surface area contributed by atoms with E-state index in [1.807, 2.05) is 0 Å². The first-order valence-corrected chi connectivity index (χ1v) is 4.07. The second kappa shape index (κ2) is 6.22. The van der Waals surface area contributed by atoms with E-state index in [4.69, 9.17) is 21.8 Å². The first-order valence-electron chi connectivity index (χ1n) is 3.69. The second-order valence-electron chi connectivity index (χ2n) is 2.43. The SMILES string of the molecule is C=C(Cl)CNC(=O)NC[C@H](O)C(=O)O. The molecule has 14 heavy (non-hydrogen) atoms. The van der Waals surface area contributed by atoms with Crippen molar-refractivity contribution in [2.24, 2.45) is 0 Å². The standard InChI is InChI=1S/C7H11ClN2O4/c1-4(8)2-9-7(14)10-3-5(11)6(12)13/h5,11H,1-3H2,(H,12,13)(H2,9,10,14)/t5-/m0/s1. The minimum absolute atomic E-state index is 0.0799. The van der Waals surface area contributed by atoms with Crippen LogP contribution in [0.1, 0.15) is 0 Å². The lowest BCUT2D eigenvalue weighted by Gasteiger charge is -2.08. The zero-order chi connectivity index (χ0) is 11.1. The third-order valence-electron chi connectivity index (χ3n) is 1.18. The van der Waals surface area contributed by atoms with Crippen molar-refractivity contribution in [1.82, 2.24) is 10.6 Å². The molecule has 80 valence electrons. The minimum atomic E-state index is -1.61. The maximum absolute atomic E-state index is 10.8. The highest BCUT2D eigenvalue weighted by molar-refractivity contribution is 6.29. The molecule has 0 unspecified atom stereocenters. The molecule has 0 aromatic rings. The van der Waals surface area contributed by atoms with Gasteiger partial charge in [-0.2, -0.15) is 0 Å². The Hall–Kier alpha value is -1.27. The molecule has 0 spiro atoms. The van der Waals surface area contributed by atoms with Gasteiger partial charge in [0.2, 0.25) is 0 Å². The number of aliphatic hydroxyl groups is 1. The Morgan fingerprint density at radius 2 is 2.00 bits per heavy atom. The summed E-state index contributed by atoms with van der Waals surface area (Å²) in [5.41, 5.74) is 0. The van der Waals surface area contributed by atoms with Gasteiger partial charge in [0.25, 0.3) is 0 Å². The number of hydrogen-bond acceptors (Lipinski definition) is 3. The largest absolute Gasteiger partial charge is 0.479 e. The molecule has 0 fully saturated rings. The number of aliphatic carboxylic acids is 1. The molecule has 0 saturated carbocycles. The molecule has 7 heteroatoms. The Morgan fingerprint density at radius 3 is 2.43 bits per heavy atom. The van der Waals surface area contributed by atoms with E-state index in [1.165, 1.54) is 0 Å². The number of carbonyl (C=O) groups excluding carboxylic acids is 1. The van der Waals surface area contributed by atoms with E-state index in [2.05, 4.69) is 17.2 Å². The summed E-state index contributed by atoms with van der Waals surface area (Å²) in [5.74, 6) is -1.40. The Balaban J connectivity index is 3.64. The molecule has 0 aromatic heterocycles. The van der Waals surface area contributed by atoms with Crippen molar-refractivity contribution in [3.05, 3.63) is 11.6 Å². The van der Waals surface area contributed by atoms with Gasteiger partial charge in [-0.25, -0.2) is 9.59 Å². The monoisotopic (exact) mass is 222 g/mol. The molecule has 0 aliphatic rings. The van der Waals surface area contributed by atoms with Gasteiger partial charge in [-0.15, -0.1) is 0 Å². The van der Waals surface area contributed by atoms with Crippen molar-refractivity contribution >= 4 is 23.6 Å². The summed E-state index contributed by atoms with van der Waals surface area (Å²) >= 11 is 5.35. The maximum atomic E-state index is 10.8. The summed E-state index contributed by atoms with van der Waals surface area (Å²) < 4.78 is 0. The zero-order valence-electron chi connectivity index (χ0n) is 7.29. The first kappa shape index (κ1) is 12.7. The van der Waals surface area contributed by atoms with Crippen molar-refractivity contribution in [1.29, 1.82) is 0 Å². The van der Waals surface area contributed by atoms with Crippen LogP contribution in [0, 0.1) is 0 Å². The lowest BCUT2D eigenvalue weighted by Crippen LogP contribution is -2.42. The lowest BCUT2D eigenvalue weighted by atomic mass is 10.4. The Labute approximate surface area is 85.6 Å². The number of amides is 2. The smallest absolute Gasteiger partial charge is 0.334 e. The van der Waals surface area contributed by atoms with Crippen LogP contribution in [0.5, 0.6) is 0 Å². The van der Waals surface area contributed by atoms with E-state index >= 15 is 0 Å². The number of carboxylic acids is 1. The molecule has 2 amide bonds. The topological polar surface area (TPSA) is 98.7 Å². The average Bonchev–Trinajstić information content (AvgIpc) is 2.10. The van der Waals surface area contributed by atoms with Gasteiger partial charge in [-0.3, -0.25) is 0 Å². The van der Waals surface area contributed by atoms with Crippen LogP contribution < -0.4 is 10.6 Å². The summed E-state index contributed by atoms with van der Waals surface area (Å²) in [4.78, 5) is 21.0. The van der Waals surface area contributed by atoms with Gasteiger partial charge in [-0.05, 0) is 0 Å². The first-order chi connectivity index (χ1) is 6.43. The summed E-state index contributed by atoms with van der Waals surface area (Å²) in [7, 11) is 0. The number of carboxylic acid groups (broad SMARTS) is 1. The summed E-state index contributed by atoms with van der Waals surface area (Å²) in [6.45, 7) is 3.04. The van der Waals surface area contributed by atoms with Gasteiger partial charge in [0, 0.05) is 5.03 Å². The van der Waals surface area contributed by atoms with Crippen LogP contribution in [-0.2, 0) is 4.79 Å². The fourth-order valence-corrected chi connectivity index (χ4v) is 0.582. The highest BCUT2D eigenvalue weighted by Crippen LogP contribution is 1.91. The van der Waals surface area contributed by atoms with Crippen molar-refractivity contribution < 1.29 is 19.8 Å². The summed E-state index contributed by atoms with van der Waals surface area (Å²) in [6.07, 6.45) is -1.61. The molecule has 0 bridgehead atoms. The van der Waals surface area contributed by atoms with E-state index in [0.29, 0.717) is 0 Å². The molecule has 1 atom stereocenters. The van der Waals surface area contributed by atoms with Crippen LogP contribution in [-0.4, -0.2) is 41.4 Å². The van der Waals surface area contributed by atoms with Crippen LogP contribution >= 0.6 is 11.6 Å². The highest BCUT2D eigenvalue weighted by atomic mass is 35.5. The number of halogens is 1.